The first-order valence-corrected chi connectivity index (χ1v) is 11.9. The van der Waals surface area contributed by atoms with Gasteiger partial charge < -0.3 is 10.1 Å². The van der Waals surface area contributed by atoms with Gasteiger partial charge in [0.05, 0.1) is 11.0 Å². The minimum Gasteiger partial charge on any atom is -0.491 e. The number of hydrogen-bond donors (Lipinski definition) is 1. The lowest BCUT2D eigenvalue weighted by molar-refractivity contribution is -0.126. The molecule has 1 aliphatic rings. The monoisotopic (exact) mass is 450 g/mol. The van der Waals surface area contributed by atoms with Gasteiger partial charge in [-0.1, -0.05) is 23.7 Å². The van der Waals surface area contributed by atoms with Crippen LogP contribution in [-0.4, -0.2) is 37.8 Å². The molecular formula is C22H27ClN2O4S. The fourth-order valence-corrected chi connectivity index (χ4v) is 5.00. The molecule has 1 aliphatic heterocycles. The molecule has 162 valence electrons. The molecular weight excluding hydrogens is 424 g/mol. The van der Waals surface area contributed by atoms with Crippen molar-refractivity contribution in [3.05, 3.63) is 59.1 Å². The Morgan fingerprint density at radius 2 is 1.70 bits per heavy atom. The highest BCUT2D eigenvalue weighted by atomic mass is 35.5. The van der Waals surface area contributed by atoms with E-state index in [1.54, 1.807) is 12.1 Å². The molecule has 30 heavy (non-hydrogen) atoms. The quantitative estimate of drug-likeness (QED) is 0.695. The first-order chi connectivity index (χ1) is 14.3. The molecule has 0 radical (unpaired) electrons. The summed E-state index contributed by atoms with van der Waals surface area (Å²) in [5.41, 5.74) is 0.988. The fourth-order valence-electron chi connectivity index (χ4n) is 3.41. The van der Waals surface area contributed by atoms with E-state index in [1.807, 2.05) is 38.1 Å². The summed E-state index contributed by atoms with van der Waals surface area (Å²) in [4.78, 5) is 12.8. The highest BCUT2D eigenvalue weighted by Gasteiger charge is 2.31. The van der Waals surface area contributed by atoms with E-state index in [0.717, 1.165) is 11.3 Å². The third kappa shape index (κ3) is 5.74. The Morgan fingerprint density at radius 1 is 1.10 bits per heavy atom. The molecule has 0 atom stereocenters. The Labute approximate surface area is 183 Å². The first-order valence-electron chi connectivity index (χ1n) is 10.0. The van der Waals surface area contributed by atoms with E-state index >= 15 is 0 Å². The van der Waals surface area contributed by atoms with Crippen LogP contribution in [0.15, 0.2) is 53.4 Å². The molecule has 8 heteroatoms. The SMILES string of the molecule is CC(C)Oc1ccc(CNC(=O)C2CCN(S(=O)(=O)c3ccc(Cl)cc3)CC2)cc1. The minimum atomic E-state index is -3.56. The van der Waals surface area contributed by atoms with Crippen molar-refractivity contribution in [3.8, 4) is 5.75 Å². The zero-order valence-electron chi connectivity index (χ0n) is 17.2. The lowest BCUT2D eigenvalue weighted by atomic mass is 9.97. The van der Waals surface area contributed by atoms with Gasteiger partial charge >= 0.3 is 0 Å². The Bertz CT molecular complexity index is 952. The van der Waals surface area contributed by atoms with Crippen LogP contribution in [0.2, 0.25) is 5.02 Å². The molecule has 1 fully saturated rings. The minimum absolute atomic E-state index is 0.0407. The van der Waals surface area contributed by atoms with E-state index in [4.69, 9.17) is 16.3 Å². The van der Waals surface area contributed by atoms with Gasteiger partial charge in [-0.25, -0.2) is 8.42 Å². The van der Waals surface area contributed by atoms with E-state index in [1.165, 1.54) is 16.4 Å². The molecule has 0 aromatic heterocycles. The van der Waals surface area contributed by atoms with Crippen LogP contribution >= 0.6 is 11.6 Å². The van der Waals surface area contributed by atoms with Crippen LogP contribution in [0.25, 0.3) is 0 Å². The number of carbonyl (C=O) groups excluding carboxylic acids is 1. The number of rotatable bonds is 7. The predicted octanol–water partition coefficient (Wildman–Crippen LogP) is 3.84. The van der Waals surface area contributed by atoms with Crippen LogP contribution in [0, 0.1) is 5.92 Å². The number of hydrogen-bond acceptors (Lipinski definition) is 4. The van der Waals surface area contributed by atoms with Crippen LogP contribution in [0.4, 0.5) is 0 Å². The highest BCUT2D eigenvalue weighted by molar-refractivity contribution is 7.89. The van der Waals surface area contributed by atoms with E-state index in [0.29, 0.717) is 37.5 Å². The lowest BCUT2D eigenvalue weighted by Gasteiger charge is -2.30. The molecule has 1 saturated heterocycles. The van der Waals surface area contributed by atoms with Crippen molar-refractivity contribution >= 4 is 27.5 Å². The second-order valence-corrected chi connectivity index (χ2v) is 10.0. The van der Waals surface area contributed by atoms with Gasteiger partial charge in [-0.05, 0) is 68.7 Å². The summed E-state index contributed by atoms with van der Waals surface area (Å²) in [6.45, 7) is 5.03. The van der Waals surface area contributed by atoms with Gasteiger partial charge in [0.2, 0.25) is 15.9 Å². The molecule has 3 rings (SSSR count). The largest absolute Gasteiger partial charge is 0.491 e. The van der Waals surface area contributed by atoms with Crippen molar-refractivity contribution in [3.63, 3.8) is 0 Å². The molecule has 0 aliphatic carbocycles. The molecule has 0 spiro atoms. The summed E-state index contributed by atoms with van der Waals surface area (Å²) in [5.74, 6) is 0.570. The molecule has 6 nitrogen and oxygen atoms in total. The normalized spacial score (nSPS) is 15.9. The summed E-state index contributed by atoms with van der Waals surface area (Å²) < 4.78 is 32.6. The van der Waals surface area contributed by atoms with Crippen LogP contribution in [0.1, 0.15) is 32.3 Å². The molecule has 1 heterocycles. The number of carbonyl (C=O) groups is 1. The summed E-state index contributed by atoms with van der Waals surface area (Å²) >= 11 is 5.84. The van der Waals surface area contributed by atoms with Gasteiger partial charge in [0.25, 0.3) is 0 Å². The topological polar surface area (TPSA) is 75.7 Å². The van der Waals surface area contributed by atoms with E-state index in [-0.39, 0.29) is 22.8 Å². The summed E-state index contributed by atoms with van der Waals surface area (Å²) in [6, 6.07) is 13.8. The van der Waals surface area contributed by atoms with Crippen LogP contribution < -0.4 is 10.1 Å². The molecule has 0 bridgehead atoms. The number of amides is 1. The maximum absolute atomic E-state index is 12.8. The van der Waals surface area contributed by atoms with Gasteiger partial charge in [-0.3, -0.25) is 4.79 Å². The summed E-state index contributed by atoms with van der Waals surface area (Å²) in [6.07, 6.45) is 1.12. The summed E-state index contributed by atoms with van der Waals surface area (Å²) in [5, 5.41) is 3.45. The fraction of sp³-hybridized carbons (Fsp3) is 0.409. The van der Waals surface area contributed by atoms with Crippen molar-refractivity contribution in [2.45, 2.75) is 44.2 Å². The van der Waals surface area contributed by atoms with Gasteiger partial charge in [-0.2, -0.15) is 4.31 Å². The standard InChI is InChI=1S/C22H27ClN2O4S/c1-16(2)29-20-7-3-17(4-8-20)15-24-22(26)18-11-13-25(14-12-18)30(27,28)21-9-5-19(23)6-10-21/h3-10,16,18H,11-15H2,1-2H3,(H,24,26). The van der Waals surface area contributed by atoms with Crippen molar-refractivity contribution < 1.29 is 17.9 Å². The number of nitrogens with one attached hydrogen (secondary N) is 1. The highest BCUT2D eigenvalue weighted by Crippen LogP contribution is 2.25. The van der Waals surface area contributed by atoms with Crippen molar-refractivity contribution in [1.29, 1.82) is 0 Å². The second-order valence-electron chi connectivity index (χ2n) is 7.66. The Morgan fingerprint density at radius 3 is 2.27 bits per heavy atom. The summed E-state index contributed by atoms with van der Waals surface area (Å²) in [7, 11) is -3.56. The van der Waals surface area contributed by atoms with E-state index < -0.39 is 10.0 Å². The number of sulfonamides is 1. The van der Waals surface area contributed by atoms with Gasteiger partial charge in [0, 0.05) is 30.6 Å². The van der Waals surface area contributed by atoms with Crippen LogP contribution in [-0.2, 0) is 21.4 Å². The van der Waals surface area contributed by atoms with Gasteiger partial charge in [0.1, 0.15) is 5.75 Å². The number of halogens is 1. The number of ether oxygens (including phenoxy) is 1. The first kappa shape index (κ1) is 22.6. The van der Waals surface area contributed by atoms with Crippen molar-refractivity contribution in [2.24, 2.45) is 5.92 Å². The zero-order valence-corrected chi connectivity index (χ0v) is 18.7. The number of nitrogens with zero attached hydrogens (tertiary/aromatic N) is 1. The van der Waals surface area contributed by atoms with E-state index in [9.17, 15) is 13.2 Å². The number of piperidine rings is 1. The van der Waals surface area contributed by atoms with Crippen molar-refractivity contribution in [1.82, 2.24) is 9.62 Å². The lowest BCUT2D eigenvalue weighted by Crippen LogP contribution is -2.42. The molecule has 1 amide bonds. The molecule has 0 unspecified atom stereocenters. The number of benzene rings is 2. The van der Waals surface area contributed by atoms with Crippen LogP contribution in [0.5, 0.6) is 5.75 Å². The zero-order chi connectivity index (χ0) is 21.7. The van der Waals surface area contributed by atoms with Crippen LogP contribution in [0.3, 0.4) is 0 Å². The third-order valence-electron chi connectivity index (χ3n) is 5.04. The molecule has 1 N–H and O–H groups in total. The molecule has 0 saturated carbocycles. The van der Waals surface area contributed by atoms with E-state index in [2.05, 4.69) is 5.32 Å². The average molecular weight is 451 g/mol. The maximum Gasteiger partial charge on any atom is 0.243 e. The average Bonchev–Trinajstić information content (AvgIpc) is 2.73. The van der Waals surface area contributed by atoms with Gasteiger partial charge in [-0.15, -0.1) is 0 Å². The maximum atomic E-state index is 12.8. The Balaban J connectivity index is 1.50. The Hall–Kier alpha value is -2.09. The van der Waals surface area contributed by atoms with Gasteiger partial charge in [0.15, 0.2) is 0 Å². The molecule has 2 aromatic carbocycles. The van der Waals surface area contributed by atoms with Crippen molar-refractivity contribution in [2.75, 3.05) is 13.1 Å². The second kappa shape index (κ2) is 9.81. The Kier molecular flexibility index (Phi) is 7.39. The predicted molar refractivity (Wildman–Crippen MR) is 117 cm³/mol. The molecule has 2 aromatic rings. The smallest absolute Gasteiger partial charge is 0.243 e. The third-order valence-corrected chi connectivity index (χ3v) is 7.20.